The zero-order chi connectivity index (χ0) is 8.54. The van der Waals surface area contributed by atoms with Gasteiger partial charge in [0.15, 0.2) is 5.79 Å². The minimum absolute atomic E-state index is 0.0903. The van der Waals surface area contributed by atoms with E-state index in [9.17, 15) is 0 Å². The van der Waals surface area contributed by atoms with Crippen LogP contribution >= 0.6 is 15.9 Å². The lowest BCUT2D eigenvalue weighted by molar-refractivity contribution is -0.157. The fourth-order valence-electron chi connectivity index (χ4n) is 1.30. The van der Waals surface area contributed by atoms with Crippen LogP contribution in [0.2, 0.25) is 0 Å². The molecule has 0 bridgehead atoms. The first-order chi connectivity index (χ1) is 4.97. The number of alkyl halides is 1. The van der Waals surface area contributed by atoms with Crippen LogP contribution < -0.4 is 0 Å². The van der Waals surface area contributed by atoms with E-state index < -0.39 is 5.79 Å². The van der Waals surface area contributed by atoms with Crippen LogP contribution in [0.1, 0.15) is 27.2 Å². The highest BCUT2D eigenvalue weighted by Gasteiger charge is 2.41. The van der Waals surface area contributed by atoms with Crippen LogP contribution in [0.4, 0.5) is 0 Å². The number of halogens is 1. The largest absolute Gasteiger partial charge is 0.348 e. The third-order valence-electron chi connectivity index (χ3n) is 1.84. The van der Waals surface area contributed by atoms with Gasteiger partial charge in [-0.3, -0.25) is 0 Å². The quantitative estimate of drug-likeness (QED) is 0.669. The fourth-order valence-corrected chi connectivity index (χ4v) is 2.14. The van der Waals surface area contributed by atoms with E-state index in [2.05, 4.69) is 22.9 Å². The van der Waals surface area contributed by atoms with Crippen molar-refractivity contribution in [1.29, 1.82) is 0 Å². The summed E-state index contributed by atoms with van der Waals surface area (Å²) >= 11 is 3.40. The summed E-state index contributed by atoms with van der Waals surface area (Å²) in [6.07, 6.45) is 0.996. The number of ether oxygens (including phenoxy) is 2. The zero-order valence-corrected chi connectivity index (χ0v) is 8.90. The van der Waals surface area contributed by atoms with Crippen molar-refractivity contribution in [3.63, 3.8) is 0 Å². The van der Waals surface area contributed by atoms with Gasteiger partial charge >= 0.3 is 0 Å². The second kappa shape index (κ2) is 3.04. The lowest BCUT2D eigenvalue weighted by Gasteiger charge is -2.23. The Morgan fingerprint density at radius 2 is 2.00 bits per heavy atom. The zero-order valence-electron chi connectivity index (χ0n) is 7.32. The van der Waals surface area contributed by atoms with Crippen molar-refractivity contribution >= 4 is 15.9 Å². The summed E-state index contributed by atoms with van der Waals surface area (Å²) in [4.78, 5) is 0. The summed E-state index contributed by atoms with van der Waals surface area (Å²) in [7, 11) is 0. The summed E-state index contributed by atoms with van der Waals surface area (Å²) < 4.78 is 11.2. The number of hydrogen-bond donors (Lipinski definition) is 0. The normalized spacial score (nSPS) is 36.0. The molecule has 0 N–H and O–H groups in total. The van der Waals surface area contributed by atoms with Crippen molar-refractivity contribution in [3.8, 4) is 0 Å². The van der Waals surface area contributed by atoms with Gasteiger partial charge < -0.3 is 9.47 Å². The average molecular weight is 223 g/mol. The van der Waals surface area contributed by atoms with Crippen LogP contribution in [0.5, 0.6) is 0 Å². The summed E-state index contributed by atoms with van der Waals surface area (Å²) in [6.45, 7) is 6.69. The first-order valence-corrected chi connectivity index (χ1v) is 5.00. The third kappa shape index (κ3) is 2.42. The molecule has 1 saturated heterocycles. The Labute approximate surface area is 76.4 Å². The Bertz CT molecular complexity index is 147. The predicted molar refractivity (Wildman–Crippen MR) is 47.9 cm³/mol. The van der Waals surface area contributed by atoms with Crippen molar-refractivity contribution in [2.45, 2.75) is 38.6 Å². The molecule has 0 radical (unpaired) electrons. The molecule has 1 heterocycles. The number of hydrogen-bond acceptors (Lipinski definition) is 2. The van der Waals surface area contributed by atoms with Crippen molar-refractivity contribution in [2.24, 2.45) is 0 Å². The van der Waals surface area contributed by atoms with Gasteiger partial charge in [0, 0.05) is 5.33 Å². The number of rotatable bonds is 2. The molecule has 0 aromatic heterocycles. The van der Waals surface area contributed by atoms with E-state index in [1.807, 2.05) is 13.8 Å². The van der Waals surface area contributed by atoms with Gasteiger partial charge in [-0.05, 0) is 27.2 Å². The molecule has 1 rings (SSSR count). The maximum atomic E-state index is 5.72. The SMILES string of the molecule is CC1(C)OC[C@](C)(CCBr)O1. The molecule has 0 spiro atoms. The Hall–Kier alpha value is 0.400. The minimum Gasteiger partial charge on any atom is -0.348 e. The molecule has 66 valence electrons. The third-order valence-corrected chi connectivity index (χ3v) is 2.24. The molecular weight excluding hydrogens is 208 g/mol. The molecule has 0 aliphatic carbocycles. The standard InChI is InChI=1S/C8H15BrO2/c1-7(2)10-6-8(3,11-7)4-5-9/h4-6H2,1-3H3/t8-/m0/s1. The molecule has 0 unspecified atom stereocenters. The molecule has 3 heteroatoms. The summed E-state index contributed by atoms with van der Waals surface area (Å²) in [5.74, 6) is -0.392. The van der Waals surface area contributed by atoms with E-state index in [-0.39, 0.29) is 5.60 Å². The summed E-state index contributed by atoms with van der Waals surface area (Å²) in [6, 6.07) is 0. The van der Waals surface area contributed by atoms with Crippen LogP contribution in [-0.4, -0.2) is 23.3 Å². The van der Waals surface area contributed by atoms with Crippen molar-refractivity contribution in [3.05, 3.63) is 0 Å². The molecule has 0 saturated carbocycles. The van der Waals surface area contributed by atoms with Gasteiger partial charge in [-0.15, -0.1) is 0 Å². The molecule has 0 aromatic carbocycles. The molecule has 1 aliphatic rings. The van der Waals surface area contributed by atoms with Gasteiger partial charge in [-0.25, -0.2) is 0 Å². The minimum atomic E-state index is -0.392. The molecule has 11 heavy (non-hydrogen) atoms. The molecule has 0 aromatic rings. The smallest absolute Gasteiger partial charge is 0.163 e. The molecular formula is C8H15BrO2. The Kier molecular flexibility index (Phi) is 2.62. The van der Waals surface area contributed by atoms with Crippen LogP contribution in [-0.2, 0) is 9.47 Å². The molecule has 1 fully saturated rings. The van der Waals surface area contributed by atoms with Gasteiger partial charge in [0.05, 0.1) is 12.2 Å². The average Bonchev–Trinajstić information content (AvgIpc) is 2.07. The topological polar surface area (TPSA) is 18.5 Å². The van der Waals surface area contributed by atoms with Crippen molar-refractivity contribution in [2.75, 3.05) is 11.9 Å². The van der Waals surface area contributed by atoms with Crippen molar-refractivity contribution < 1.29 is 9.47 Å². The summed E-state index contributed by atoms with van der Waals surface area (Å²) in [5.41, 5.74) is -0.0903. The van der Waals surface area contributed by atoms with Gasteiger partial charge in [-0.2, -0.15) is 0 Å². The van der Waals surface area contributed by atoms with Gasteiger partial charge in [0.1, 0.15) is 0 Å². The molecule has 2 nitrogen and oxygen atoms in total. The second-order valence-corrected chi connectivity index (χ2v) is 4.47. The van der Waals surface area contributed by atoms with Crippen LogP contribution in [0.15, 0.2) is 0 Å². The highest BCUT2D eigenvalue weighted by molar-refractivity contribution is 9.09. The molecule has 1 atom stereocenters. The van der Waals surface area contributed by atoms with E-state index in [0.717, 1.165) is 11.8 Å². The second-order valence-electron chi connectivity index (χ2n) is 3.68. The summed E-state index contributed by atoms with van der Waals surface area (Å²) in [5, 5.41) is 0.961. The van der Waals surface area contributed by atoms with Crippen LogP contribution in [0.25, 0.3) is 0 Å². The van der Waals surface area contributed by atoms with Gasteiger partial charge in [0.25, 0.3) is 0 Å². The van der Waals surface area contributed by atoms with E-state index >= 15 is 0 Å². The van der Waals surface area contributed by atoms with Crippen molar-refractivity contribution in [1.82, 2.24) is 0 Å². The highest BCUT2D eigenvalue weighted by Crippen LogP contribution is 2.33. The van der Waals surface area contributed by atoms with Gasteiger partial charge in [0.2, 0.25) is 0 Å². The molecule has 1 aliphatic heterocycles. The highest BCUT2D eigenvalue weighted by atomic mass is 79.9. The van der Waals surface area contributed by atoms with Gasteiger partial charge in [-0.1, -0.05) is 15.9 Å². The Morgan fingerprint density at radius 1 is 1.36 bits per heavy atom. The molecule has 0 amide bonds. The predicted octanol–water partition coefficient (Wildman–Crippen LogP) is 2.31. The van der Waals surface area contributed by atoms with E-state index in [1.54, 1.807) is 0 Å². The fraction of sp³-hybridized carbons (Fsp3) is 1.00. The van der Waals surface area contributed by atoms with E-state index in [1.165, 1.54) is 0 Å². The van der Waals surface area contributed by atoms with Crippen LogP contribution in [0, 0.1) is 0 Å². The first-order valence-electron chi connectivity index (χ1n) is 3.88. The van der Waals surface area contributed by atoms with E-state index in [4.69, 9.17) is 9.47 Å². The maximum absolute atomic E-state index is 5.72. The first kappa shape index (κ1) is 9.49. The Morgan fingerprint density at radius 3 is 2.36 bits per heavy atom. The lowest BCUT2D eigenvalue weighted by atomic mass is 10.1. The Balaban J connectivity index is 2.51. The maximum Gasteiger partial charge on any atom is 0.163 e. The van der Waals surface area contributed by atoms with E-state index in [0.29, 0.717) is 6.61 Å². The van der Waals surface area contributed by atoms with Crippen LogP contribution in [0.3, 0.4) is 0 Å². The monoisotopic (exact) mass is 222 g/mol. The lowest BCUT2D eigenvalue weighted by Crippen LogP contribution is -2.31.